The highest BCUT2D eigenvalue weighted by Crippen LogP contribution is 2.40. The number of para-hydroxylation sites is 2. The van der Waals surface area contributed by atoms with Crippen LogP contribution in [-0.4, -0.2) is 70.5 Å². The minimum absolute atomic E-state index is 0.167. The summed E-state index contributed by atoms with van der Waals surface area (Å²) in [6, 6.07) is 8.35. The summed E-state index contributed by atoms with van der Waals surface area (Å²) in [5.41, 5.74) is 6.74. The van der Waals surface area contributed by atoms with E-state index in [9.17, 15) is 9.00 Å². The smallest absolute Gasteiger partial charge is 0.404 e. The molecule has 10 nitrogen and oxygen atoms in total. The SMILES string of the molecule is NC(=O)OCC1(Nc2nc(N3CCN4c5ccccc5OC[C@@H]4C3)nc3c2[S@@](=O)CC3)CCC1. The van der Waals surface area contributed by atoms with Gasteiger partial charge in [0.25, 0.3) is 0 Å². The first kappa shape index (κ1) is 21.5. The summed E-state index contributed by atoms with van der Waals surface area (Å²) in [6.45, 7) is 3.14. The molecule has 3 aliphatic heterocycles. The fraction of sp³-hybridized carbons (Fsp3) is 0.522. The predicted octanol–water partition coefficient (Wildman–Crippen LogP) is 1.66. The number of nitrogens with one attached hydrogen (secondary N) is 1. The predicted molar refractivity (Wildman–Crippen MR) is 128 cm³/mol. The van der Waals surface area contributed by atoms with Gasteiger partial charge in [-0.2, -0.15) is 4.98 Å². The molecular weight excluding hydrogens is 456 g/mol. The molecule has 34 heavy (non-hydrogen) atoms. The molecule has 3 N–H and O–H groups in total. The molecule has 0 spiro atoms. The van der Waals surface area contributed by atoms with Crippen molar-refractivity contribution >= 4 is 34.3 Å². The van der Waals surface area contributed by atoms with E-state index < -0.39 is 22.4 Å². The minimum Gasteiger partial charge on any atom is -0.489 e. The van der Waals surface area contributed by atoms with Crippen LogP contribution in [0.1, 0.15) is 25.0 Å². The lowest BCUT2D eigenvalue weighted by Gasteiger charge is -2.45. The summed E-state index contributed by atoms with van der Waals surface area (Å²) in [5.74, 6) is 2.72. The van der Waals surface area contributed by atoms with Gasteiger partial charge in [0.05, 0.1) is 33.8 Å². The Bertz CT molecular complexity index is 1160. The Hall–Kier alpha value is -3.08. The van der Waals surface area contributed by atoms with Crippen LogP contribution in [0.4, 0.5) is 22.2 Å². The van der Waals surface area contributed by atoms with E-state index in [-0.39, 0.29) is 12.6 Å². The summed E-state index contributed by atoms with van der Waals surface area (Å²) >= 11 is 0. The normalized spacial score (nSPS) is 24.2. The number of piperazine rings is 1. The summed E-state index contributed by atoms with van der Waals surface area (Å²) < 4.78 is 23.9. The molecule has 4 aliphatic rings. The number of rotatable bonds is 5. The van der Waals surface area contributed by atoms with Crippen molar-refractivity contribution in [3.63, 3.8) is 0 Å². The number of nitrogens with two attached hydrogens (primary N) is 1. The van der Waals surface area contributed by atoms with Gasteiger partial charge in [0.2, 0.25) is 5.95 Å². The molecule has 1 saturated heterocycles. The minimum atomic E-state index is -1.15. The van der Waals surface area contributed by atoms with Gasteiger partial charge in [0, 0.05) is 31.8 Å². The first-order chi connectivity index (χ1) is 16.5. The topological polar surface area (TPSA) is 123 Å². The van der Waals surface area contributed by atoms with E-state index in [0.717, 1.165) is 56.0 Å². The molecule has 1 aliphatic carbocycles. The molecule has 2 aromatic rings. The van der Waals surface area contributed by atoms with Gasteiger partial charge in [-0.05, 0) is 31.4 Å². The highest BCUT2D eigenvalue weighted by Gasteiger charge is 2.41. The van der Waals surface area contributed by atoms with Crippen molar-refractivity contribution in [2.24, 2.45) is 5.73 Å². The molecule has 0 bridgehead atoms. The van der Waals surface area contributed by atoms with Crippen molar-refractivity contribution < 1.29 is 18.5 Å². The lowest BCUT2D eigenvalue weighted by atomic mass is 9.77. The Balaban J connectivity index is 1.27. The quantitative estimate of drug-likeness (QED) is 0.652. The lowest BCUT2D eigenvalue weighted by Crippen LogP contribution is -2.57. The standard InChI is InChI=1S/C23H28N6O4S/c24-21(30)33-14-23(7-3-8-23)27-20-19-16(6-11-34(19)31)25-22(26-20)28-9-10-29-15(12-28)13-32-18-5-2-1-4-17(18)29/h1-2,4-5,15H,3,6-14H2,(H2,24,30)(H,25,26,27)/t15-,34-/m0/s1. The van der Waals surface area contributed by atoms with Crippen LogP contribution in [0.2, 0.25) is 0 Å². The maximum atomic E-state index is 12.8. The number of carbonyl (C=O) groups is 1. The van der Waals surface area contributed by atoms with Gasteiger partial charge < -0.3 is 30.3 Å². The van der Waals surface area contributed by atoms with Crippen molar-refractivity contribution in [2.45, 2.75) is 42.2 Å². The van der Waals surface area contributed by atoms with Crippen LogP contribution in [0.5, 0.6) is 5.75 Å². The zero-order valence-corrected chi connectivity index (χ0v) is 19.7. The van der Waals surface area contributed by atoms with Crippen molar-refractivity contribution in [3.8, 4) is 5.75 Å². The Labute approximate surface area is 200 Å². The average Bonchev–Trinajstić information content (AvgIpc) is 3.21. The largest absolute Gasteiger partial charge is 0.489 e. The van der Waals surface area contributed by atoms with Crippen LogP contribution in [-0.2, 0) is 22.0 Å². The van der Waals surface area contributed by atoms with E-state index >= 15 is 0 Å². The number of hydrogen-bond acceptors (Lipinski definition) is 9. The molecule has 0 unspecified atom stereocenters. The molecule has 2 atom stereocenters. The summed E-state index contributed by atoms with van der Waals surface area (Å²) in [6.07, 6.45) is 2.55. The monoisotopic (exact) mass is 484 g/mol. The summed E-state index contributed by atoms with van der Waals surface area (Å²) in [7, 11) is -1.15. The highest BCUT2D eigenvalue weighted by atomic mass is 32.2. The van der Waals surface area contributed by atoms with Gasteiger partial charge in [0.1, 0.15) is 29.7 Å². The molecular formula is C23H28N6O4S. The molecule has 1 aromatic carbocycles. The molecule has 1 saturated carbocycles. The maximum Gasteiger partial charge on any atom is 0.404 e. The number of hydrogen-bond donors (Lipinski definition) is 2. The first-order valence-electron chi connectivity index (χ1n) is 11.7. The summed E-state index contributed by atoms with van der Waals surface area (Å²) in [5, 5.41) is 3.49. The summed E-state index contributed by atoms with van der Waals surface area (Å²) in [4.78, 5) is 26.2. The van der Waals surface area contributed by atoms with E-state index in [1.165, 1.54) is 0 Å². The van der Waals surface area contributed by atoms with Gasteiger partial charge in [0.15, 0.2) is 0 Å². The Morgan fingerprint density at radius 3 is 2.94 bits per heavy atom. The third-order valence-corrected chi connectivity index (χ3v) is 8.69. The van der Waals surface area contributed by atoms with E-state index in [1.54, 1.807) is 0 Å². The van der Waals surface area contributed by atoms with E-state index in [0.29, 0.717) is 35.4 Å². The molecule has 1 aromatic heterocycles. The van der Waals surface area contributed by atoms with Crippen LogP contribution in [0.15, 0.2) is 29.2 Å². The van der Waals surface area contributed by atoms with Crippen LogP contribution in [0, 0.1) is 0 Å². The van der Waals surface area contributed by atoms with Crippen molar-refractivity contribution in [2.75, 3.05) is 53.7 Å². The van der Waals surface area contributed by atoms with Gasteiger partial charge >= 0.3 is 6.09 Å². The van der Waals surface area contributed by atoms with Crippen molar-refractivity contribution in [1.82, 2.24) is 9.97 Å². The Kier molecular flexibility index (Phi) is 5.23. The third-order valence-electron chi connectivity index (χ3n) is 7.23. The van der Waals surface area contributed by atoms with Crippen LogP contribution < -0.4 is 25.6 Å². The first-order valence-corrected chi connectivity index (χ1v) is 13.1. The number of nitrogens with zero attached hydrogens (tertiary/aromatic N) is 4. The number of fused-ring (bicyclic) bond motifs is 4. The van der Waals surface area contributed by atoms with E-state index in [2.05, 4.69) is 21.2 Å². The molecule has 6 rings (SSSR count). The van der Waals surface area contributed by atoms with Gasteiger partial charge in [-0.3, -0.25) is 4.21 Å². The molecule has 1 amide bonds. The van der Waals surface area contributed by atoms with E-state index in [1.807, 2.05) is 18.2 Å². The van der Waals surface area contributed by atoms with Gasteiger partial charge in [-0.1, -0.05) is 12.1 Å². The number of amides is 1. The number of primary amides is 1. The molecule has 0 radical (unpaired) electrons. The number of anilines is 3. The fourth-order valence-electron chi connectivity index (χ4n) is 5.28. The Morgan fingerprint density at radius 1 is 1.29 bits per heavy atom. The number of benzene rings is 1. The second kappa shape index (κ2) is 8.30. The van der Waals surface area contributed by atoms with Crippen LogP contribution >= 0.6 is 0 Å². The van der Waals surface area contributed by atoms with Crippen LogP contribution in [0.3, 0.4) is 0 Å². The zero-order chi connectivity index (χ0) is 23.3. The molecule has 4 heterocycles. The average molecular weight is 485 g/mol. The number of carbonyl (C=O) groups excluding carboxylic acids is 1. The van der Waals surface area contributed by atoms with Crippen molar-refractivity contribution in [1.29, 1.82) is 0 Å². The van der Waals surface area contributed by atoms with E-state index in [4.69, 9.17) is 25.2 Å². The Morgan fingerprint density at radius 2 is 2.15 bits per heavy atom. The molecule has 11 heteroatoms. The second-order valence-corrected chi connectivity index (χ2v) is 10.9. The molecule has 180 valence electrons. The lowest BCUT2D eigenvalue weighted by molar-refractivity contribution is 0.101. The fourth-order valence-corrected chi connectivity index (χ4v) is 6.58. The zero-order valence-electron chi connectivity index (χ0n) is 18.9. The molecule has 2 fully saturated rings. The maximum absolute atomic E-state index is 12.8. The van der Waals surface area contributed by atoms with Gasteiger partial charge in [-0.15, -0.1) is 0 Å². The number of aromatic nitrogens is 2. The highest BCUT2D eigenvalue weighted by molar-refractivity contribution is 7.85. The number of aryl methyl sites for hydroxylation is 1. The van der Waals surface area contributed by atoms with Crippen LogP contribution in [0.25, 0.3) is 0 Å². The van der Waals surface area contributed by atoms with Gasteiger partial charge in [-0.25, -0.2) is 9.78 Å². The van der Waals surface area contributed by atoms with Crippen molar-refractivity contribution in [3.05, 3.63) is 30.0 Å². The third kappa shape index (κ3) is 3.71. The number of ether oxygens (including phenoxy) is 2. The second-order valence-electron chi connectivity index (χ2n) is 9.39.